The molecule has 9 heavy (non-hydrogen) atoms. The summed E-state index contributed by atoms with van der Waals surface area (Å²) < 4.78 is 10.1. The smallest absolute Gasteiger partial charge is 0.327 e. The van der Waals surface area contributed by atoms with Gasteiger partial charge in [0.1, 0.15) is 0 Å². The van der Waals surface area contributed by atoms with E-state index in [1.165, 1.54) is 0 Å². The number of alkyl halides is 1. The molecule has 56 valence electrons. The molecule has 1 atom stereocenters. The molecule has 0 aliphatic heterocycles. The summed E-state index contributed by atoms with van der Waals surface area (Å²) in [4.78, 5) is 16.5. The molecule has 1 unspecified atom stereocenters. The molecular formula is C3H8ClO4P. The highest BCUT2D eigenvalue weighted by Crippen LogP contribution is 2.35. The third-order valence-electron chi connectivity index (χ3n) is 0.634. The van der Waals surface area contributed by atoms with Gasteiger partial charge in [-0.2, -0.15) is 0 Å². The quantitative estimate of drug-likeness (QED) is 0.408. The highest BCUT2D eigenvalue weighted by atomic mass is 35.5. The Hall–Kier alpha value is 0.400. The van der Waals surface area contributed by atoms with Crippen molar-refractivity contribution in [2.24, 2.45) is 0 Å². The molecule has 6 heteroatoms. The summed E-state index contributed by atoms with van der Waals surface area (Å²) in [5.41, 5.74) is 0. The summed E-state index contributed by atoms with van der Waals surface area (Å²) in [6.45, 7) is -0.410. The Morgan fingerprint density at radius 1 is 1.56 bits per heavy atom. The largest absolute Gasteiger partial charge is 0.395 e. The summed E-state index contributed by atoms with van der Waals surface area (Å²) in [5.74, 6) is 0. The van der Waals surface area contributed by atoms with E-state index in [1.807, 2.05) is 0 Å². The van der Waals surface area contributed by atoms with Gasteiger partial charge in [0.15, 0.2) is 0 Å². The van der Waals surface area contributed by atoms with Crippen LogP contribution in [0.15, 0.2) is 0 Å². The molecule has 0 fully saturated rings. The van der Waals surface area contributed by atoms with E-state index in [4.69, 9.17) is 26.5 Å². The fourth-order valence-corrected chi connectivity index (χ4v) is 1.49. The van der Waals surface area contributed by atoms with E-state index < -0.39 is 25.7 Å². The summed E-state index contributed by atoms with van der Waals surface area (Å²) in [7, 11) is -4.03. The summed E-state index contributed by atoms with van der Waals surface area (Å²) in [5, 5.41) is 7.38. The van der Waals surface area contributed by atoms with Crippen LogP contribution in [0.2, 0.25) is 0 Å². The topological polar surface area (TPSA) is 77.8 Å². The second kappa shape index (κ2) is 3.54. The van der Waals surface area contributed by atoms with Crippen molar-refractivity contribution >= 4 is 19.2 Å². The van der Waals surface area contributed by atoms with Crippen LogP contribution in [0.5, 0.6) is 0 Å². The fraction of sp³-hybridized carbons (Fsp3) is 1.00. The monoisotopic (exact) mass is 174 g/mol. The second-order valence-corrected chi connectivity index (χ2v) is 3.94. The zero-order chi connectivity index (χ0) is 7.49. The van der Waals surface area contributed by atoms with Gasteiger partial charge in [0, 0.05) is 0 Å². The highest BCUT2D eigenvalue weighted by Gasteiger charge is 2.18. The summed E-state index contributed by atoms with van der Waals surface area (Å²) in [6, 6.07) is 0. The summed E-state index contributed by atoms with van der Waals surface area (Å²) >= 11 is 5.21. The predicted molar refractivity (Wildman–Crippen MR) is 33.6 cm³/mol. The van der Waals surface area contributed by atoms with Crippen molar-refractivity contribution in [1.82, 2.24) is 0 Å². The van der Waals surface area contributed by atoms with Crippen LogP contribution in [0, 0.1) is 0 Å². The average Bonchev–Trinajstić information content (AvgIpc) is 1.62. The molecule has 0 saturated carbocycles. The van der Waals surface area contributed by atoms with Crippen LogP contribution in [-0.4, -0.2) is 33.0 Å². The molecule has 0 aliphatic carbocycles. The second-order valence-electron chi connectivity index (χ2n) is 1.63. The third-order valence-corrected chi connectivity index (χ3v) is 2.06. The van der Waals surface area contributed by atoms with Gasteiger partial charge in [-0.05, 0) is 0 Å². The number of halogens is 1. The minimum atomic E-state index is -4.03. The zero-order valence-corrected chi connectivity index (χ0v) is 6.22. The third kappa shape index (κ3) is 6.28. The van der Waals surface area contributed by atoms with Gasteiger partial charge < -0.3 is 14.9 Å². The number of rotatable bonds is 3. The van der Waals surface area contributed by atoms with E-state index in [0.29, 0.717) is 0 Å². The Balaban J connectivity index is 3.60. The molecule has 0 saturated heterocycles. The first kappa shape index (κ1) is 9.40. The molecule has 0 aromatic carbocycles. The standard InChI is InChI=1S/C3H8ClO4P/c4-3(1-5)2-9(6,7)8/h3,5H,1-2H2,(H2,6,7,8). The Kier molecular flexibility index (Phi) is 3.70. The SMILES string of the molecule is O=P(O)(O)CC(Cl)CO. The van der Waals surface area contributed by atoms with Crippen molar-refractivity contribution in [1.29, 1.82) is 0 Å². The summed E-state index contributed by atoms with van der Waals surface area (Å²) in [6.07, 6.45) is -0.467. The lowest BCUT2D eigenvalue weighted by Gasteiger charge is -2.05. The van der Waals surface area contributed by atoms with Gasteiger partial charge in [-0.15, -0.1) is 11.6 Å². The Morgan fingerprint density at radius 2 is 2.00 bits per heavy atom. The van der Waals surface area contributed by atoms with E-state index in [1.54, 1.807) is 0 Å². The molecule has 0 radical (unpaired) electrons. The molecule has 0 bridgehead atoms. The van der Waals surface area contributed by atoms with Gasteiger partial charge >= 0.3 is 7.60 Å². The zero-order valence-electron chi connectivity index (χ0n) is 4.57. The van der Waals surface area contributed by atoms with E-state index in [0.717, 1.165) is 0 Å². The van der Waals surface area contributed by atoms with Crippen molar-refractivity contribution < 1.29 is 19.5 Å². The van der Waals surface area contributed by atoms with Gasteiger partial charge in [-0.25, -0.2) is 0 Å². The van der Waals surface area contributed by atoms with Crippen LogP contribution < -0.4 is 0 Å². The molecule has 4 nitrogen and oxygen atoms in total. The van der Waals surface area contributed by atoms with Crippen molar-refractivity contribution in [2.75, 3.05) is 12.8 Å². The Bertz CT molecular complexity index is 121. The molecule has 0 heterocycles. The molecule has 0 aromatic heterocycles. The van der Waals surface area contributed by atoms with Gasteiger partial charge in [0.25, 0.3) is 0 Å². The van der Waals surface area contributed by atoms with Crippen LogP contribution in [0.4, 0.5) is 0 Å². The van der Waals surface area contributed by atoms with E-state index in [-0.39, 0.29) is 0 Å². The molecule has 0 aromatic rings. The molecule has 0 rings (SSSR count). The van der Waals surface area contributed by atoms with Crippen molar-refractivity contribution in [3.8, 4) is 0 Å². The number of hydrogen-bond donors (Lipinski definition) is 3. The molecule has 3 N–H and O–H groups in total. The van der Waals surface area contributed by atoms with Gasteiger partial charge in [-0.3, -0.25) is 4.57 Å². The molecule has 0 amide bonds. The van der Waals surface area contributed by atoms with E-state index >= 15 is 0 Å². The lowest BCUT2D eigenvalue weighted by molar-refractivity contribution is 0.292. The predicted octanol–water partition coefficient (Wildman–Crippen LogP) is -0.236. The first-order valence-corrected chi connectivity index (χ1v) is 4.48. The first-order valence-electron chi connectivity index (χ1n) is 2.25. The number of aliphatic hydroxyl groups excluding tert-OH is 1. The minimum absolute atomic E-state index is 0.410. The lowest BCUT2D eigenvalue weighted by Crippen LogP contribution is -2.10. The maximum atomic E-state index is 10.1. The van der Waals surface area contributed by atoms with E-state index in [2.05, 4.69) is 0 Å². The Labute approximate surface area is 57.6 Å². The first-order chi connectivity index (χ1) is 3.95. The number of hydrogen-bond acceptors (Lipinski definition) is 2. The van der Waals surface area contributed by atoms with Crippen LogP contribution in [0.3, 0.4) is 0 Å². The van der Waals surface area contributed by atoms with Crippen molar-refractivity contribution in [3.05, 3.63) is 0 Å². The van der Waals surface area contributed by atoms with Crippen LogP contribution in [-0.2, 0) is 4.57 Å². The lowest BCUT2D eigenvalue weighted by atomic mass is 10.5. The van der Waals surface area contributed by atoms with Crippen LogP contribution >= 0.6 is 19.2 Å². The average molecular weight is 175 g/mol. The van der Waals surface area contributed by atoms with Gasteiger partial charge in [0.2, 0.25) is 0 Å². The van der Waals surface area contributed by atoms with E-state index in [9.17, 15) is 4.57 Å². The highest BCUT2D eigenvalue weighted by molar-refractivity contribution is 7.51. The molecule has 0 spiro atoms. The maximum absolute atomic E-state index is 10.1. The Morgan fingerprint density at radius 3 is 2.11 bits per heavy atom. The van der Waals surface area contributed by atoms with Crippen molar-refractivity contribution in [3.63, 3.8) is 0 Å². The normalized spacial score (nSPS) is 15.6. The van der Waals surface area contributed by atoms with Crippen LogP contribution in [0.1, 0.15) is 0 Å². The maximum Gasteiger partial charge on any atom is 0.327 e. The van der Waals surface area contributed by atoms with Crippen molar-refractivity contribution in [2.45, 2.75) is 5.38 Å². The number of aliphatic hydroxyl groups is 1. The minimum Gasteiger partial charge on any atom is -0.395 e. The fourth-order valence-electron chi connectivity index (χ4n) is 0.316. The van der Waals surface area contributed by atoms with Gasteiger partial charge in [0.05, 0.1) is 18.1 Å². The molecule has 0 aliphatic rings. The molecular weight excluding hydrogens is 166 g/mol. The van der Waals surface area contributed by atoms with Crippen LogP contribution in [0.25, 0.3) is 0 Å². The van der Waals surface area contributed by atoms with Gasteiger partial charge in [-0.1, -0.05) is 0 Å².